The summed E-state index contributed by atoms with van der Waals surface area (Å²) in [4.78, 5) is 57.1. The molecule has 1 aromatic rings. The molecule has 10 heteroatoms. The topological polar surface area (TPSA) is 150 Å². The normalized spacial score (nSPS) is 25.9. The molecular weight excluding hydrogens is 352 g/mol. The Bertz CT molecular complexity index is 734. The molecule has 1 aromatic heterocycles. The van der Waals surface area contributed by atoms with Gasteiger partial charge in [-0.15, -0.1) is 0 Å². The summed E-state index contributed by atoms with van der Waals surface area (Å²) in [5.41, 5.74) is 6.16. The molecule has 0 bridgehead atoms. The average Bonchev–Trinajstić information content (AvgIpc) is 3.34. The van der Waals surface area contributed by atoms with Crippen LogP contribution in [0.1, 0.15) is 31.9 Å². The Labute approximate surface area is 156 Å². The molecule has 0 unspecified atom stereocenters. The van der Waals surface area contributed by atoms with Crippen molar-refractivity contribution in [2.24, 2.45) is 11.7 Å². The summed E-state index contributed by atoms with van der Waals surface area (Å²) in [6.45, 7) is 2.28. The minimum atomic E-state index is -0.886. The minimum absolute atomic E-state index is 0.0379. The van der Waals surface area contributed by atoms with Crippen LogP contribution in [0.3, 0.4) is 0 Å². The van der Waals surface area contributed by atoms with Gasteiger partial charge in [-0.3, -0.25) is 19.2 Å². The van der Waals surface area contributed by atoms with Crippen LogP contribution in [0.2, 0.25) is 0 Å². The van der Waals surface area contributed by atoms with Crippen molar-refractivity contribution in [1.82, 2.24) is 25.5 Å². The Morgan fingerprint density at radius 3 is 2.78 bits per heavy atom. The van der Waals surface area contributed by atoms with Crippen LogP contribution in [0.15, 0.2) is 12.5 Å². The predicted molar refractivity (Wildman–Crippen MR) is 93.9 cm³/mol. The van der Waals surface area contributed by atoms with Crippen LogP contribution in [-0.2, 0) is 25.6 Å². The fourth-order valence-electron chi connectivity index (χ4n) is 3.73. The van der Waals surface area contributed by atoms with Crippen LogP contribution in [0.25, 0.3) is 0 Å². The molecular formula is C17H24N6O4. The number of nitrogens with two attached hydrogens (primary N) is 1. The molecule has 10 nitrogen and oxygen atoms in total. The number of primary amides is 1. The van der Waals surface area contributed by atoms with Crippen LogP contribution < -0.4 is 16.4 Å². The third-order valence-corrected chi connectivity index (χ3v) is 5.18. The third kappa shape index (κ3) is 4.09. The SMILES string of the molecule is C[C@H]1CCN(C(=O)[C@H](Cc2cnc[nH]2)NC(=O)[C@@H]2CCC(=O)N2)[C@@H]1C(N)=O. The van der Waals surface area contributed by atoms with Crippen LogP contribution in [0, 0.1) is 5.92 Å². The van der Waals surface area contributed by atoms with Gasteiger partial charge in [0.15, 0.2) is 0 Å². The van der Waals surface area contributed by atoms with Crippen molar-refractivity contribution in [3.05, 3.63) is 18.2 Å². The maximum absolute atomic E-state index is 13.1. The first-order chi connectivity index (χ1) is 12.9. The first kappa shape index (κ1) is 18.9. The first-order valence-corrected chi connectivity index (χ1v) is 9.03. The van der Waals surface area contributed by atoms with E-state index in [1.165, 1.54) is 11.2 Å². The van der Waals surface area contributed by atoms with Crippen molar-refractivity contribution in [2.45, 2.75) is 50.7 Å². The van der Waals surface area contributed by atoms with E-state index in [1.807, 2.05) is 6.92 Å². The number of H-pyrrole nitrogens is 1. The number of rotatable bonds is 6. The molecule has 4 amide bonds. The summed E-state index contributed by atoms with van der Waals surface area (Å²) >= 11 is 0. The molecule has 0 saturated carbocycles. The molecule has 2 fully saturated rings. The summed E-state index contributed by atoms with van der Waals surface area (Å²) < 4.78 is 0. The summed E-state index contributed by atoms with van der Waals surface area (Å²) in [6, 6.07) is -2.23. The molecule has 5 N–H and O–H groups in total. The molecule has 146 valence electrons. The number of nitrogens with zero attached hydrogens (tertiary/aromatic N) is 2. The predicted octanol–water partition coefficient (Wildman–Crippen LogP) is -1.56. The molecule has 2 saturated heterocycles. The van der Waals surface area contributed by atoms with Crippen LogP contribution in [-0.4, -0.2) is 63.2 Å². The smallest absolute Gasteiger partial charge is 0.246 e. The van der Waals surface area contributed by atoms with Crippen molar-refractivity contribution in [3.8, 4) is 0 Å². The van der Waals surface area contributed by atoms with Crippen LogP contribution >= 0.6 is 0 Å². The lowest BCUT2D eigenvalue weighted by Crippen LogP contribution is -2.56. The van der Waals surface area contributed by atoms with E-state index in [-0.39, 0.29) is 30.6 Å². The number of nitrogens with one attached hydrogen (secondary N) is 3. The first-order valence-electron chi connectivity index (χ1n) is 9.03. The Morgan fingerprint density at radius 1 is 1.41 bits per heavy atom. The fourth-order valence-corrected chi connectivity index (χ4v) is 3.73. The number of likely N-dealkylation sites (tertiary alicyclic amines) is 1. The number of carbonyl (C=O) groups is 4. The number of imidazole rings is 1. The molecule has 2 aliphatic rings. The van der Waals surface area contributed by atoms with E-state index < -0.39 is 29.9 Å². The minimum Gasteiger partial charge on any atom is -0.368 e. The zero-order chi connectivity index (χ0) is 19.6. The molecule has 0 spiro atoms. The summed E-state index contributed by atoms with van der Waals surface area (Å²) in [6.07, 6.45) is 4.59. The second kappa shape index (κ2) is 7.77. The number of carbonyl (C=O) groups excluding carboxylic acids is 4. The number of amides is 4. The summed E-state index contributed by atoms with van der Waals surface area (Å²) in [5, 5.41) is 5.31. The Balaban J connectivity index is 1.76. The number of hydrogen-bond acceptors (Lipinski definition) is 5. The van der Waals surface area contributed by atoms with Crippen LogP contribution in [0.4, 0.5) is 0 Å². The monoisotopic (exact) mass is 376 g/mol. The fraction of sp³-hybridized carbons (Fsp3) is 0.588. The van der Waals surface area contributed by atoms with E-state index in [0.717, 1.165) is 0 Å². The summed E-state index contributed by atoms with van der Waals surface area (Å²) in [7, 11) is 0. The summed E-state index contributed by atoms with van der Waals surface area (Å²) in [5.74, 6) is -1.56. The highest BCUT2D eigenvalue weighted by Crippen LogP contribution is 2.25. The molecule has 3 heterocycles. The van der Waals surface area contributed by atoms with Gasteiger partial charge in [0, 0.05) is 31.3 Å². The van der Waals surface area contributed by atoms with Gasteiger partial charge in [-0.1, -0.05) is 6.92 Å². The molecule has 4 atom stereocenters. The highest BCUT2D eigenvalue weighted by Gasteiger charge is 2.41. The maximum Gasteiger partial charge on any atom is 0.246 e. The largest absolute Gasteiger partial charge is 0.368 e. The Morgan fingerprint density at radius 2 is 2.19 bits per heavy atom. The van der Waals surface area contributed by atoms with E-state index in [2.05, 4.69) is 20.6 Å². The van der Waals surface area contributed by atoms with Gasteiger partial charge in [0.05, 0.1) is 6.33 Å². The van der Waals surface area contributed by atoms with E-state index in [1.54, 1.807) is 6.20 Å². The van der Waals surface area contributed by atoms with Gasteiger partial charge in [0.25, 0.3) is 0 Å². The van der Waals surface area contributed by atoms with Gasteiger partial charge >= 0.3 is 0 Å². The molecule has 0 radical (unpaired) electrons. The van der Waals surface area contributed by atoms with Gasteiger partial charge in [-0.25, -0.2) is 4.98 Å². The van der Waals surface area contributed by atoms with Crippen molar-refractivity contribution in [3.63, 3.8) is 0 Å². The van der Waals surface area contributed by atoms with Gasteiger partial charge in [0.1, 0.15) is 18.1 Å². The van der Waals surface area contributed by atoms with Crippen molar-refractivity contribution in [1.29, 1.82) is 0 Å². The molecule has 0 aromatic carbocycles. The lowest BCUT2D eigenvalue weighted by molar-refractivity contribution is -0.141. The van der Waals surface area contributed by atoms with Crippen molar-refractivity contribution < 1.29 is 19.2 Å². The lowest BCUT2D eigenvalue weighted by atomic mass is 10.0. The maximum atomic E-state index is 13.1. The van der Waals surface area contributed by atoms with E-state index in [0.29, 0.717) is 25.1 Å². The zero-order valence-corrected chi connectivity index (χ0v) is 15.1. The second-order valence-corrected chi connectivity index (χ2v) is 7.15. The van der Waals surface area contributed by atoms with Crippen LogP contribution in [0.5, 0.6) is 0 Å². The van der Waals surface area contributed by atoms with Gasteiger partial charge in [-0.2, -0.15) is 0 Å². The molecule has 0 aliphatic carbocycles. The Kier molecular flexibility index (Phi) is 5.43. The Hall–Kier alpha value is -2.91. The molecule has 2 aliphatic heterocycles. The highest BCUT2D eigenvalue weighted by atomic mass is 16.2. The van der Waals surface area contributed by atoms with E-state index in [9.17, 15) is 19.2 Å². The highest BCUT2D eigenvalue weighted by molar-refractivity contribution is 5.95. The number of aromatic nitrogens is 2. The van der Waals surface area contributed by atoms with Gasteiger partial charge < -0.3 is 26.3 Å². The number of aromatic amines is 1. The quantitative estimate of drug-likeness (QED) is 0.473. The van der Waals surface area contributed by atoms with E-state index >= 15 is 0 Å². The standard InChI is InChI=1S/C17H24N6O4/c1-9-4-5-23(14(9)15(18)25)17(27)12(6-10-7-19-8-20-10)22-16(26)11-2-3-13(24)21-11/h7-9,11-12,14H,2-6H2,1H3,(H2,18,25)(H,19,20)(H,21,24)(H,22,26)/t9-,11-,12-,14-/m0/s1. The van der Waals surface area contributed by atoms with Crippen molar-refractivity contribution >= 4 is 23.6 Å². The van der Waals surface area contributed by atoms with Crippen molar-refractivity contribution in [2.75, 3.05) is 6.54 Å². The zero-order valence-electron chi connectivity index (χ0n) is 15.1. The van der Waals surface area contributed by atoms with E-state index in [4.69, 9.17) is 5.73 Å². The lowest BCUT2D eigenvalue weighted by Gasteiger charge is -2.29. The second-order valence-electron chi connectivity index (χ2n) is 7.15. The van der Waals surface area contributed by atoms with Gasteiger partial charge in [-0.05, 0) is 18.8 Å². The van der Waals surface area contributed by atoms with Gasteiger partial charge in [0.2, 0.25) is 23.6 Å². The number of hydrogen-bond donors (Lipinski definition) is 4. The average molecular weight is 376 g/mol. The molecule has 3 rings (SSSR count). The third-order valence-electron chi connectivity index (χ3n) is 5.18. The molecule has 27 heavy (non-hydrogen) atoms.